The lowest BCUT2D eigenvalue weighted by atomic mass is 9.96. The number of carbonyl (C=O) groups is 3. The largest absolute Gasteiger partial charge is 0.495 e. The molecule has 2 fully saturated rings. The minimum atomic E-state index is -3.90. The van der Waals surface area contributed by atoms with Gasteiger partial charge in [0, 0.05) is 18.6 Å². The predicted molar refractivity (Wildman–Crippen MR) is 124 cm³/mol. The highest BCUT2D eigenvalue weighted by molar-refractivity contribution is 7.89. The molecule has 0 aromatic heterocycles. The van der Waals surface area contributed by atoms with Gasteiger partial charge in [-0.1, -0.05) is 25.7 Å². The maximum atomic E-state index is 13.3. The summed E-state index contributed by atoms with van der Waals surface area (Å²) in [6, 6.07) is 3.20. The molecular formula is C23H33N3O7S. The molecule has 3 amide bonds. The van der Waals surface area contributed by atoms with Crippen LogP contribution in [0.2, 0.25) is 0 Å². The molecule has 3 rings (SSSR count). The van der Waals surface area contributed by atoms with E-state index in [-0.39, 0.29) is 28.3 Å². The molecule has 2 aliphatic rings. The van der Waals surface area contributed by atoms with Crippen molar-refractivity contribution < 1.29 is 32.3 Å². The van der Waals surface area contributed by atoms with Gasteiger partial charge in [-0.15, -0.1) is 0 Å². The van der Waals surface area contributed by atoms with Crippen LogP contribution in [0.3, 0.4) is 0 Å². The molecule has 10 nitrogen and oxygen atoms in total. The number of amides is 3. The molecule has 1 atom stereocenters. The molecule has 1 saturated carbocycles. The lowest BCUT2D eigenvalue weighted by molar-refractivity contribution is -0.123. The van der Waals surface area contributed by atoms with Gasteiger partial charge < -0.3 is 14.8 Å². The number of imide groups is 1. The molecule has 1 aromatic carbocycles. The van der Waals surface area contributed by atoms with Gasteiger partial charge in [-0.05, 0) is 50.8 Å². The minimum absolute atomic E-state index is 0.0337. The fourth-order valence-corrected chi connectivity index (χ4v) is 6.29. The van der Waals surface area contributed by atoms with Crippen molar-refractivity contribution in [3.63, 3.8) is 0 Å². The third-order valence-electron chi connectivity index (χ3n) is 6.26. The SMILES string of the molecule is COc1ccc(C(=O)OCC(=O)NC(=O)NC2CCCCC2)cc1S(=O)(=O)N1CCCCC1C. The first-order chi connectivity index (χ1) is 16.2. The summed E-state index contributed by atoms with van der Waals surface area (Å²) in [5.74, 6) is -1.54. The van der Waals surface area contributed by atoms with Gasteiger partial charge in [-0.2, -0.15) is 4.31 Å². The molecule has 0 spiro atoms. The summed E-state index contributed by atoms with van der Waals surface area (Å²) < 4.78 is 38.2. The van der Waals surface area contributed by atoms with E-state index in [0.717, 1.165) is 51.4 Å². The summed E-state index contributed by atoms with van der Waals surface area (Å²) in [7, 11) is -2.55. The minimum Gasteiger partial charge on any atom is -0.495 e. The number of sulfonamides is 1. The van der Waals surface area contributed by atoms with Gasteiger partial charge in [-0.25, -0.2) is 18.0 Å². The van der Waals surface area contributed by atoms with Crippen molar-refractivity contribution in [3.05, 3.63) is 23.8 Å². The van der Waals surface area contributed by atoms with Crippen LogP contribution in [0.4, 0.5) is 4.79 Å². The van der Waals surface area contributed by atoms with Crippen LogP contribution in [0.15, 0.2) is 23.1 Å². The molecule has 1 aromatic rings. The van der Waals surface area contributed by atoms with Gasteiger partial charge in [0.25, 0.3) is 5.91 Å². The first-order valence-electron chi connectivity index (χ1n) is 11.7. The van der Waals surface area contributed by atoms with Crippen molar-refractivity contribution >= 4 is 27.9 Å². The average molecular weight is 496 g/mol. The van der Waals surface area contributed by atoms with E-state index in [4.69, 9.17) is 9.47 Å². The summed E-state index contributed by atoms with van der Waals surface area (Å²) in [6.45, 7) is 1.57. The number of methoxy groups -OCH3 is 1. The lowest BCUT2D eigenvalue weighted by Crippen LogP contribution is -2.46. The van der Waals surface area contributed by atoms with Crippen LogP contribution in [0.25, 0.3) is 0 Å². The Balaban J connectivity index is 1.62. The number of carbonyl (C=O) groups excluding carboxylic acids is 3. The molecule has 0 bridgehead atoms. The summed E-state index contributed by atoms with van der Waals surface area (Å²) in [5, 5.41) is 4.89. The van der Waals surface area contributed by atoms with Gasteiger partial charge in [0.15, 0.2) is 6.61 Å². The maximum absolute atomic E-state index is 13.3. The quantitative estimate of drug-likeness (QED) is 0.556. The molecule has 11 heteroatoms. The highest BCUT2D eigenvalue weighted by atomic mass is 32.2. The van der Waals surface area contributed by atoms with Gasteiger partial charge >= 0.3 is 12.0 Å². The van der Waals surface area contributed by atoms with Crippen molar-refractivity contribution in [3.8, 4) is 5.75 Å². The van der Waals surface area contributed by atoms with Crippen LogP contribution in [0, 0.1) is 0 Å². The number of esters is 1. The molecule has 1 aliphatic carbocycles. The van der Waals surface area contributed by atoms with E-state index >= 15 is 0 Å². The zero-order valence-corrected chi connectivity index (χ0v) is 20.5. The Morgan fingerprint density at radius 1 is 1.06 bits per heavy atom. The number of rotatable bonds is 7. The Bertz CT molecular complexity index is 1010. The van der Waals surface area contributed by atoms with Crippen LogP contribution in [0.1, 0.15) is 68.6 Å². The monoisotopic (exact) mass is 495 g/mol. The molecule has 34 heavy (non-hydrogen) atoms. The molecule has 188 valence electrons. The number of ether oxygens (including phenoxy) is 2. The van der Waals surface area contributed by atoms with Gasteiger partial charge in [0.05, 0.1) is 12.7 Å². The Kier molecular flexibility index (Phi) is 8.90. The second kappa shape index (κ2) is 11.7. The number of hydrogen-bond donors (Lipinski definition) is 2. The zero-order chi connectivity index (χ0) is 24.7. The standard InChI is InChI=1S/C23H33N3O7S/c1-16-8-6-7-13-26(16)34(30,31)20-14-17(11-12-19(20)32-2)22(28)33-15-21(27)25-23(29)24-18-9-4-3-5-10-18/h11-12,14,16,18H,3-10,13,15H2,1-2H3,(H2,24,25,27,29). The molecule has 1 unspecified atom stereocenters. The summed E-state index contributed by atoms with van der Waals surface area (Å²) >= 11 is 0. The number of nitrogens with zero attached hydrogens (tertiary/aromatic N) is 1. The highest BCUT2D eigenvalue weighted by Gasteiger charge is 2.33. The van der Waals surface area contributed by atoms with E-state index in [2.05, 4.69) is 10.6 Å². The normalized spacial score (nSPS) is 19.8. The van der Waals surface area contributed by atoms with Crippen LogP contribution >= 0.6 is 0 Å². The van der Waals surface area contributed by atoms with E-state index in [1.54, 1.807) is 0 Å². The molecule has 1 heterocycles. The number of benzene rings is 1. The van der Waals surface area contributed by atoms with Crippen molar-refractivity contribution in [2.45, 2.75) is 75.3 Å². The van der Waals surface area contributed by atoms with Crippen LogP contribution in [0.5, 0.6) is 5.75 Å². The molecule has 2 N–H and O–H groups in total. The Morgan fingerprint density at radius 3 is 2.44 bits per heavy atom. The van der Waals surface area contributed by atoms with Gasteiger partial charge in [-0.3, -0.25) is 10.1 Å². The van der Waals surface area contributed by atoms with E-state index in [9.17, 15) is 22.8 Å². The molecule has 1 aliphatic heterocycles. The van der Waals surface area contributed by atoms with Crippen molar-refractivity contribution in [2.75, 3.05) is 20.3 Å². The average Bonchev–Trinajstić information content (AvgIpc) is 2.82. The first-order valence-corrected chi connectivity index (χ1v) is 13.1. The predicted octanol–water partition coefficient (Wildman–Crippen LogP) is 2.57. The van der Waals surface area contributed by atoms with Crippen molar-refractivity contribution in [2.24, 2.45) is 0 Å². The second-order valence-electron chi connectivity index (χ2n) is 8.76. The Labute approximate surface area is 200 Å². The number of nitrogens with one attached hydrogen (secondary N) is 2. The van der Waals surface area contributed by atoms with Crippen molar-refractivity contribution in [1.82, 2.24) is 14.9 Å². The molecule has 1 saturated heterocycles. The summed E-state index contributed by atoms with van der Waals surface area (Å²) in [4.78, 5) is 36.4. The van der Waals surface area contributed by atoms with Crippen LogP contribution in [-0.2, 0) is 19.6 Å². The lowest BCUT2D eigenvalue weighted by Gasteiger charge is -2.32. The summed E-state index contributed by atoms with van der Waals surface area (Å²) in [5.41, 5.74) is -0.0384. The van der Waals surface area contributed by atoms with Gasteiger partial charge in [0.2, 0.25) is 10.0 Å². The van der Waals surface area contributed by atoms with E-state index in [0.29, 0.717) is 6.54 Å². The topological polar surface area (TPSA) is 131 Å². The highest BCUT2D eigenvalue weighted by Crippen LogP contribution is 2.31. The van der Waals surface area contributed by atoms with Gasteiger partial charge in [0.1, 0.15) is 10.6 Å². The second-order valence-corrected chi connectivity index (χ2v) is 10.6. The van der Waals surface area contributed by atoms with E-state index in [1.165, 1.54) is 29.6 Å². The Hall–Kier alpha value is -2.66. The number of piperidine rings is 1. The van der Waals surface area contributed by atoms with Crippen LogP contribution < -0.4 is 15.4 Å². The number of urea groups is 1. The summed E-state index contributed by atoms with van der Waals surface area (Å²) in [6.07, 6.45) is 7.42. The third kappa shape index (κ3) is 6.47. The fourth-order valence-electron chi connectivity index (χ4n) is 4.41. The maximum Gasteiger partial charge on any atom is 0.338 e. The molecular weight excluding hydrogens is 462 g/mol. The first kappa shape index (κ1) is 26.0. The zero-order valence-electron chi connectivity index (χ0n) is 19.7. The fraction of sp³-hybridized carbons (Fsp3) is 0.609. The third-order valence-corrected chi connectivity index (χ3v) is 8.29. The van der Waals surface area contributed by atoms with Crippen LogP contribution in [-0.4, -0.2) is 63.0 Å². The number of hydrogen-bond acceptors (Lipinski definition) is 7. The van der Waals surface area contributed by atoms with Crippen molar-refractivity contribution in [1.29, 1.82) is 0 Å². The Morgan fingerprint density at radius 2 is 1.76 bits per heavy atom. The molecule has 0 radical (unpaired) electrons. The smallest absolute Gasteiger partial charge is 0.338 e. The van der Waals surface area contributed by atoms with E-state index in [1.807, 2.05) is 6.92 Å². The van der Waals surface area contributed by atoms with E-state index < -0.39 is 34.5 Å².